The van der Waals surface area contributed by atoms with E-state index in [1.165, 1.54) is 13.2 Å². The Balaban J connectivity index is 1.81. The predicted molar refractivity (Wildman–Crippen MR) is 95.5 cm³/mol. The molecule has 0 bridgehead atoms. The molecule has 0 aliphatic heterocycles. The van der Waals surface area contributed by atoms with Crippen molar-refractivity contribution in [2.24, 2.45) is 0 Å². The number of hydrogen-bond acceptors (Lipinski definition) is 6. The summed E-state index contributed by atoms with van der Waals surface area (Å²) < 4.78 is 14.0. The normalized spacial score (nSPS) is 10.8. The lowest BCUT2D eigenvalue weighted by Gasteiger charge is -2.05. The first-order valence-corrected chi connectivity index (χ1v) is 8.95. The maximum Gasteiger partial charge on any atom is 0.376 e. The molecule has 0 saturated heterocycles. The topological polar surface area (TPSA) is 83.0 Å². The Morgan fingerprint density at radius 1 is 1.21 bits per heavy atom. The predicted octanol–water partition coefficient (Wildman–Crippen LogP) is 4.06. The molecule has 2 heterocycles. The fourth-order valence-electron chi connectivity index (χ4n) is 1.97. The van der Waals surface area contributed by atoms with Crippen LogP contribution in [0.1, 0.15) is 16.1 Å². The first kappa shape index (κ1) is 17.3. The minimum atomic E-state index is -0.592. The van der Waals surface area contributed by atoms with Crippen LogP contribution in [0.15, 0.2) is 42.3 Å². The zero-order valence-electron chi connectivity index (χ0n) is 12.2. The highest BCUT2D eigenvalue weighted by atomic mass is 79.9. The molecule has 0 saturated carbocycles. The smallest absolute Gasteiger partial charge is 0.376 e. The third kappa shape index (κ3) is 3.60. The quantitative estimate of drug-likeness (QED) is 0.381. The summed E-state index contributed by atoms with van der Waals surface area (Å²) in [5.74, 6) is -0.575. The number of hydrogen-bond donors (Lipinski definition) is 0. The first-order valence-electron chi connectivity index (χ1n) is 6.57. The molecule has 0 N–H and O–H groups in total. The highest BCUT2D eigenvalue weighted by Gasteiger charge is 2.16. The van der Waals surface area contributed by atoms with Crippen molar-refractivity contribution in [3.05, 3.63) is 49.1 Å². The van der Waals surface area contributed by atoms with Crippen molar-refractivity contribution in [3.63, 3.8) is 0 Å². The fraction of sp³-hybridized carbons (Fsp3) is 0.143. The van der Waals surface area contributed by atoms with Gasteiger partial charge in [-0.1, -0.05) is 10.4 Å². The molecule has 0 unspecified atom stereocenters. The minimum absolute atomic E-state index is 0.0165. The van der Waals surface area contributed by atoms with E-state index in [2.05, 4.69) is 68.0 Å². The molecule has 0 aliphatic carbocycles. The summed E-state index contributed by atoms with van der Waals surface area (Å²) in [6.45, 7) is 0.527. The minimum Gasteiger partial charge on any atom is -0.463 e. The summed E-state index contributed by atoms with van der Waals surface area (Å²) >= 11 is 10.4. The third-order valence-corrected chi connectivity index (χ3v) is 6.26. The van der Waals surface area contributed by atoms with Gasteiger partial charge in [-0.15, -0.1) is 5.10 Å². The van der Waals surface area contributed by atoms with E-state index in [1.807, 2.05) is 12.1 Å². The summed E-state index contributed by atoms with van der Waals surface area (Å²) in [5, 5.41) is 11.9. The Morgan fingerprint density at radius 3 is 2.58 bits per heavy atom. The van der Waals surface area contributed by atoms with Crippen molar-refractivity contribution in [3.8, 4) is 11.4 Å². The standard InChI is InChI=1S/C14H9Br3N4O3/c1-23-14(22)12-4-10(19-24-12)11-6-21(20-18-11)5-7-2-8(15)13(17)9(16)3-7/h2-4,6H,5H2,1H3. The van der Waals surface area contributed by atoms with E-state index >= 15 is 0 Å². The largest absolute Gasteiger partial charge is 0.463 e. The van der Waals surface area contributed by atoms with Crippen LogP contribution in [-0.2, 0) is 11.3 Å². The van der Waals surface area contributed by atoms with Gasteiger partial charge in [0.05, 0.1) is 19.9 Å². The van der Waals surface area contributed by atoms with Gasteiger partial charge in [0.2, 0.25) is 5.76 Å². The monoisotopic (exact) mass is 518 g/mol. The van der Waals surface area contributed by atoms with E-state index in [1.54, 1.807) is 10.9 Å². The summed E-state index contributed by atoms with van der Waals surface area (Å²) in [5.41, 5.74) is 1.95. The number of rotatable bonds is 4. The molecule has 3 aromatic rings. The molecule has 0 atom stereocenters. The maximum atomic E-state index is 11.4. The number of carbonyl (C=O) groups is 1. The van der Waals surface area contributed by atoms with Gasteiger partial charge in [0.1, 0.15) is 11.4 Å². The Hall–Kier alpha value is -1.52. The van der Waals surface area contributed by atoms with Crippen LogP contribution >= 0.6 is 47.8 Å². The molecule has 3 rings (SSSR count). The first-order chi connectivity index (χ1) is 11.5. The van der Waals surface area contributed by atoms with Crippen molar-refractivity contribution in [1.29, 1.82) is 0 Å². The summed E-state index contributed by atoms with van der Waals surface area (Å²) in [6.07, 6.45) is 1.72. The van der Waals surface area contributed by atoms with Crippen LogP contribution in [0.4, 0.5) is 0 Å². The van der Waals surface area contributed by atoms with Crippen molar-refractivity contribution in [2.75, 3.05) is 7.11 Å². The van der Waals surface area contributed by atoms with Crippen molar-refractivity contribution < 1.29 is 14.1 Å². The Bertz CT molecular complexity index is 883. The molecule has 0 radical (unpaired) electrons. The van der Waals surface area contributed by atoms with Gasteiger partial charge in [-0.05, 0) is 65.5 Å². The van der Waals surface area contributed by atoms with Gasteiger partial charge in [-0.25, -0.2) is 9.48 Å². The third-order valence-electron chi connectivity index (χ3n) is 3.09. The summed E-state index contributed by atoms with van der Waals surface area (Å²) in [4.78, 5) is 11.4. The number of esters is 1. The number of methoxy groups -OCH3 is 1. The van der Waals surface area contributed by atoms with E-state index in [0.29, 0.717) is 17.9 Å². The van der Waals surface area contributed by atoms with Gasteiger partial charge in [-0.3, -0.25) is 0 Å². The molecular weight excluding hydrogens is 512 g/mol. The highest BCUT2D eigenvalue weighted by molar-refractivity contribution is 9.14. The van der Waals surface area contributed by atoms with Crippen molar-refractivity contribution >= 4 is 53.8 Å². The van der Waals surface area contributed by atoms with E-state index < -0.39 is 5.97 Å². The van der Waals surface area contributed by atoms with Gasteiger partial charge in [0.25, 0.3) is 0 Å². The lowest BCUT2D eigenvalue weighted by atomic mass is 10.2. The van der Waals surface area contributed by atoms with Crippen LogP contribution < -0.4 is 0 Å². The van der Waals surface area contributed by atoms with Crippen LogP contribution in [0.25, 0.3) is 11.4 Å². The van der Waals surface area contributed by atoms with Crippen LogP contribution in [0.2, 0.25) is 0 Å². The van der Waals surface area contributed by atoms with E-state index in [-0.39, 0.29) is 5.76 Å². The molecule has 0 amide bonds. The fourth-order valence-corrected chi connectivity index (χ4v) is 3.48. The van der Waals surface area contributed by atoms with Gasteiger partial charge in [-0.2, -0.15) is 0 Å². The van der Waals surface area contributed by atoms with Crippen LogP contribution in [0.3, 0.4) is 0 Å². The van der Waals surface area contributed by atoms with E-state index in [4.69, 9.17) is 4.52 Å². The SMILES string of the molecule is COC(=O)c1cc(-c2cn(Cc3cc(Br)c(Br)c(Br)c3)nn2)no1. The molecule has 124 valence electrons. The maximum absolute atomic E-state index is 11.4. The van der Waals surface area contributed by atoms with Crippen LogP contribution in [0, 0.1) is 0 Å². The molecule has 0 fully saturated rings. The molecule has 24 heavy (non-hydrogen) atoms. The lowest BCUT2D eigenvalue weighted by molar-refractivity contribution is 0.0554. The molecule has 0 aliphatic rings. The zero-order chi connectivity index (χ0) is 17.3. The van der Waals surface area contributed by atoms with Crippen LogP contribution in [0.5, 0.6) is 0 Å². The average Bonchev–Trinajstić information content (AvgIpc) is 3.20. The molecule has 10 heteroatoms. The second-order valence-corrected chi connectivity index (χ2v) is 7.24. The summed E-state index contributed by atoms with van der Waals surface area (Å²) in [7, 11) is 1.27. The van der Waals surface area contributed by atoms with Gasteiger partial charge < -0.3 is 9.26 Å². The Labute approximate surface area is 161 Å². The Morgan fingerprint density at radius 2 is 1.92 bits per heavy atom. The molecule has 7 nitrogen and oxygen atoms in total. The Kier molecular flexibility index (Phi) is 5.16. The second kappa shape index (κ2) is 7.16. The van der Waals surface area contributed by atoms with Gasteiger partial charge in [0, 0.05) is 19.5 Å². The zero-order valence-corrected chi connectivity index (χ0v) is 16.9. The van der Waals surface area contributed by atoms with Crippen molar-refractivity contribution in [2.45, 2.75) is 6.54 Å². The number of benzene rings is 1. The number of carbonyl (C=O) groups excluding carboxylic acids is 1. The second-order valence-electron chi connectivity index (χ2n) is 4.74. The molecule has 1 aromatic carbocycles. The highest BCUT2D eigenvalue weighted by Crippen LogP contribution is 2.32. The van der Waals surface area contributed by atoms with E-state index in [0.717, 1.165) is 19.0 Å². The van der Waals surface area contributed by atoms with E-state index in [9.17, 15) is 4.79 Å². The summed E-state index contributed by atoms with van der Waals surface area (Å²) in [6, 6.07) is 5.44. The molecule has 2 aromatic heterocycles. The number of ether oxygens (including phenoxy) is 1. The lowest BCUT2D eigenvalue weighted by Crippen LogP contribution is -2.00. The molecular formula is C14H9Br3N4O3. The number of halogens is 3. The number of nitrogens with zero attached hydrogens (tertiary/aromatic N) is 4. The van der Waals surface area contributed by atoms with Crippen LogP contribution in [-0.4, -0.2) is 33.2 Å². The van der Waals surface area contributed by atoms with Gasteiger partial charge in [0.15, 0.2) is 0 Å². The van der Waals surface area contributed by atoms with Gasteiger partial charge >= 0.3 is 5.97 Å². The number of aromatic nitrogens is 4. The average molecular weight is 521 g/mol. The molecule has 0 spiro atoms. The van der Waals surface area contributed by atoms with Crippen molar-refractivity contribution in [1.82, 2.24) is 20.2 Å².